The summed E-state index contributed by atoms with van der Waals surface area (Å²) in [6.07, 6.45) is 1.65. The number of nitrogens with one attached hydrogen (secondary N) is 2. The minimum absolute atomic E-state index is 0.00155. The van der Waals surface area contributed by atoms with Crippen molar-refractivity contribution in [2.24, 2.45) is 7.05 Å². The number of urea groups is 1. The van der Waals surface area contributed by atoms with Gasteiger partial charge in [-0.1, -0.05) is 6.07 Å². The topological polar surface area (TPSA) is 116 Å². The summed E-state index contributed by atoms with van der Waals surface area (Å²) in [4.78, 5) is 22.5. The Kier molecular flexibility index (Phi) is 3.56. The monoisotopic (exact) mass is 276 g/mol. The van der Waals surface area contributed by atoms with E-state index >= 15 is 0 Å². The van der Waals surface area contributed by atoms with E-state index in [1.807, 2.05) is 0 Å². The lowest BCUT2D eigenvalue weighted by atomic mass is 10.2. The molecule has 8 heteroatoms. The van der Waals surface area contributed by atoms with Crippen LogP contribution in [-0.2, 0) is 7.05 Å². The van der Waals surface area contributed by atoms with Crippen LogP contribution in [0.2, 0.25) is 0 Å². The maximum atomic E-state index is 11.7. The molecule has 0 aliphatic rings. The molecule has 1 aromatic carbocycles. The van der Waals surface area contributed by atoms with E-state index in [0.717, 1.165) is 0 Å². The number of hydrogen-bond acceptors (Lipinski definition) is 4. The fourth-order valence-electron chi connectivity index (χ4n) is 1.57. The van der Waals surface area contributed by atoms with Crippen LogP contribution in [0.15, 0.2) is 30.5 Å². The highest BCUT2D eigenvalue weighted by molar-refractivity contribution is 6.02. The van der Waals surface area contributed by atoms with Gasteiger partial charge in [0.25, 0.3) is 0 Å². The van der Waals surface area contributed by atoms with Crippen LogP contribution in [0.5, 0.6) is 5.75 Å². The second-order valence-corrected chi connectivity index (χ2v) is 3.96. The number of rotatable bonds is 3. The van der Waals surface area contributed by atoms with Crippen LogP contribution in [0.25, 0.3) is 0 Å². The van der Waals surface area contributed by atoms with E-state index in [1.54, 1.807) is 19.3 Å². The first-order chi connectivity index (χ1) is 9.47. The minimum atomic E-state index is -1.28. The molecule has 0 saturated heterocycles. The Labute approximate surface area is 113 Å². The van der Waals surface area contributed by atoms with E-state index in [9.17, 15) is 14.7 Å². The fraction of sp³-hybridized carbons (Fsp3) is 0.0833. The summed E-state index contributed by atoms with van der Waals surface area (Å²) in [6, 6.07) is 4.99. The lowest BCUT2D eigenvalue weighted by Crippen LogP contribution is -2.20. The van der Waals surface area contributed by atoms with Gasteiger partial charge in [0.15, 0.2) is 11.6 Å². The van der Waals surface area contributed by atoms with E-state index in [4.69, 9.17) is 5.11 Å². The molecule has 2 amide bonds. The number of aromatic nitrogens is 2. The zero-order valence-electron chi connectivity index (χ0n) is 10.5. The Hall–Kier alpha value is -3.03. The number of carboxylic acids is 1. The number of benzene rings is 1. The largest absolute Gasteiger partial charge is 0.505 e. The molecule has 20 heavy (non-hydrogen) atoms. The number of phenols is 1. The standard InChI is InChI=1S/C12H12N4O4/c1-16-6-5-9(15-16)14-12(20)13-8-4-2-3-7(10(8)17)11(18)19/h2-6,17H,1H3,(H,18,19)(H2,13,14,15,20). The first kappa shape index (κ1) is 13.4. The van der Waals surface area contributed by atoms with Crippen LogP contribution in [0.3, 0.4) is 0 Å². The number of hydrogen-bond donors (Lipinski definition) is 4. The summed E-state index contributed by atoms with van der Waals surface area (Å²) in [5.74, 6) is -1.45. The molecule has 0 saturated carbocycles. The predicted octanol–water partition coefficient (Wildman–Crippen LogP) is 1.47. The van der Waals surface area contributed by atoms with Crippen molar-refractivity contribution in [2.75, 3.05) is 10.6 Å². The summed E-state index contributed by atoms with van der Waals surface area (Å²) in [5, 5.41) is 27.3. The molecule has 0 spiro atoms. The Morgan fingerprint density at radius 3 is 2.60 bits per heavy atom. The molecule has 0 atom stereocenters. The molecule has 0 radical (unpaired) electrons. The van der Waals surface area contributed by atoms with Crippen molar-refractivity contribution in [3.05, 3.63) is 36.0 Å². The third-order valence-corrected chi connectivity index (χ3v) is 2.47. The highest BCUT2D eigenvalue weighted by atomic mass is 16.4. The smallest absolute Gasteiger partial charge is 0.339 e. The number of carboxylic acid groups (broad SMARTS) is 1. The zero-order valence-corrected chi connectivity index (χ0v) is 10.5. The number of aromatic hydroxyl groups is 1. The van der Waals surface area contributed by atoms with Gasteiger partial charge in [-0.2, -0.15) is 5.10 Å². The van der Waals surface area contributed by atoms with Gasteiger partial charge in [-0.15, -0.1) is 0 Å². The van der Waals surface area contributed by atoms with E-state index in [2.05, 4.69) is 15.7 Å². The van der Waals surface area contributed by atoms with Gasteiger partial charge in [0, 0.05) is 19.3 Å². The highest BCUT2D eigenvalue weighted by Crippen LogP contribution is 2.27. The SMILES string of the molecule is Cn1ccc(NC(=O)Nc2cccc(C(=O)O)c2O)n1. The van der Waals surface area contributed by atoms with Crippen LogP contribution >= 0.6 is 0 Å². The lowest BCUT2D eigenvalue weighted by molar-refractivity contribution is 0.0694. The molecule has 8 nitrogen and oxygen atoms in total. The third kappa shape index (κ3) is 2.86. The van der Waals surface area contributed by atoms with Crippen LogP contribution in [0, 0.1) is 0 Å². The predicted molar refractivity (Wildman–Crippen MR) is 70.9 cm³/mol. The van der Waals surface area contributed by atoms with Crippen LogP contribution in [-0.4, -0.2) is 32.0 Å². The van der Waals surface area contributed by atoms with Gasteiger partial charge < -0.3 is 15.5 Å². The van der Waals surface area contributed by atoms with E-state index in [-0.39, 0.29) is 11.3 Å². The summed E-state index contributed by atoms with van der Waals surface area (Å²) < 4.78 is 1.51. The average molecular weight is 276 g/mol. The van der Waals surface area contributed by atoms with Gasteiger partial charge in [-0.05, 0) is 12.1 Å². The molecule has 4 N–H and O–H groups in total. The van der Waals surface area contributed by atoms with E-state index < -0.39 is 17.7 Å². The van der Waals surface area contributed by atoms with Crippen molar-refractivity contribution >= 4 is 23.5 Å². The van der Waals surface area contributed by atoms with E-state index in [0.29, 0.717) is 5.82 Å². The summed E-state index contributed by atoms with van der Waals surface area (Å²) in [7, 11) is 1.70. The average Bonchev–Trinajstić information content (AvgIpc) is 2.77. The molecule has 0 fully saturated rings. The molecule has 0 bridgehead atoms. The number of carbonyl (C=O) groups is 2. The molecule has 0 unspecified atom stereocenters. The van der Waals surface area contributed by atoms with Gasteiger partial charge in [0.05, 0.1) is 5.69 Å². The number of aromatic carboxylic acids is 1. The molecule has 1 aromatic heterocycles. The van der Waals surface area contributed by atoms with Crippen molar-refractivity contribution in [3.8, 4) is 5.75 Å². The molecule has 0 aliphatic heterocycles. The van der Waals surface area contributed by atoms with Crippen molar-refractivity contribution < 1.29 is 19.8 Å². The number of amides is 2. The highest BCUT2D eigenvalue weighted by Gasteiger charge is 2.14. The summed E-state index contributed by atoms with van der Waals surface area (Å²) >= 11 is 0. The fourth-order valence-corrected chi connectivity index (χ4v) is 1.57. The second-order valence-electron chi connectivity index (χ2n) is 3.96. The molecule has 2 rings (SSSR count). The summed E-state index contributed by atoms with van der Waals surface area (Å²) in [6.45, 7) is 0. The Balaban J connectivity index is 2.12. The van der Waals surface area contributed by atoms with E-state index in [1.165, 1.54) is 22.9 Å². The molecule has 104 valence electrons. The quantitative estimate of drug-likeness (QED) is 0.633. The van der Waals surface area contributed by atoms with Gasteiger partial charge in [-0.3, -0.25) is 10.00 Å². The van der Waals surface area contributed by atoms with Gasteiger partial charge in [-0.25, -0.2) is 9.59 Å². The Morgan fingerprint density at radius 2 is 2.00 bits per heavy atom. The molecular weight excluding hydrogens is 264 g/mol. The van der Waals surface area contributed by atoms with Gasteiger partial charge >= 0.3 is 12.0 Å². The normalized spacial score (nSPS) is 10.1. The number of para-hydroxylation sites is 1. The first-order valence-corrected chi connectivity index (χ1v) is 5.60. The van der Waals surface area contributed by atoms with Crippen LogP contribution in [0.4, 0.5) is 16.3 Å². The maximum absolute atomic E-state index is 11.7. The van der Waals surface area contributed by atoms with Crippen molar-refractivity contribution in [2.45, 2.75) is 0 Å². The van der Waals surface area contributed by atoms with Gasteiger partial charge in [0.2, 0.25) is 0 Å². The molecular formula is C12H12N4O4. The third-order valence-electron chi connectivity index (χ3n) is 2.47. The number of carbonyl (C=O) groups excluding carboxylic acids is 1. The second kappa shape index (κ2) is 5.31. The van der Waals surface area contributed by atoms with Crippen molar-refractivity contribution in [3.63, 3.8) is 0 Å². The maximum Gasteiger partial charge on any atom is 0.339 e. The van der Waals surface area contributed by atoms with Gasteiger partial charge in [0.1, 0.15) is 5.56 Å². The number of aryl methyl sites for hydroxylation is 1. The summed E-state index contributed by atoms with van der Waals surface area (Å²) in [5.41, 5.74) is -0.293. The number of anilines is 2. The molecule has 2 aromatic rings. The lowest BCUT2D eigenvalue weighted by Gasteiger charge is -2.09. The Morgan fingerprint density at radius 1 is 1.25 bits per heavy atom. The molecule has 0 aliphatic carbocycles. The van der Waals surface area contributed by atoms with Crippen molar-refractivity contribution in [1.29, 1.82) is 0 Å². The number of nitrogens with zero attached hydrogens (tertiary/aromatic N) is 2. The van der Waals surface area contributed by atoms with Crippen molar-refractivity contribution in [1.82, 2.24) is 9.78 Å². The minimum Gasteiger partial charge on any atom is -0.505 e. The zero-order chi connectivity index (χ0) is 14.7. The van der Waals surface area contributed by atoms with Crippen LogP contribution < -0.4 is 10.6 Å². The Bertz CT molecular complexity index is 665. The first-order valence-electron chi connectivity index (χ1n) is 5.60. The van der Waals surface area contributed by atoms with Crippen LogP contribution in [0.1, 0.15) is 10.4 Å². The molecule has 1 heterocycles.